The number of carbonyl (C=O) groups is 1. The summed E-state index contributed by atoms with van der Waals surface area (Å²) < 4.78 is 9.80. The number of rotatable bonds is 5. The van der Waals surface area contributed by atoms with E-state index < -0.39 is 0 Å². The molecule has 2 aromatic rings. The number of hydrogen-bond acceptors (Lipinski definition) is 7. The van der Waals surface area contributed by atoms with Gasteiger partial charge in [0.05, 0.1) is 12.2 Å². The number of amides is 1. The molecule has 0 bridgehead atoms. The molecule has 1 aliphatic rings. The highest BCUT2D eigenvalue weighted by Crippen LogP contribution is 2.21. The lowest BCUT2D eigenvalue weighted by molar-refractivity contribution is 0.0773. The average molecular weight is 347 g/mol. The van der Waals surface area contributed by atoms with Crippen molar-refractivity contribution in [1.82, 2.24) is 24.5 Å². The maximum atomic E-state index is 12.7. The van der Waals surface area contributed by atoms with E-state index in [0.717, 1.165) is 36.3 Å². The second-order valence-corrected chi connectivity index (χ2v) is 6.77. The monoisotopic (exact) mass is 347 g/mol. The second kappa shape index (κ2) is 7.21. The number of aryl methyl sites for hydroxylation is 3. The van der Waals surface area contributed by atoms with Crippen molar-refractivity contribution in [2.45, 2.75) is 46.1 Å². The van der Waals surface area contributed by atoms with Gasteiger partial charge in [-0.3, -0.25) is 4.79 Å². The van der Waals surface area contributed by atoms with Crippen LogP contribution in [0.15, 0.2) is 6.07 Å². The van der Waals surface area contributed by atoms with Crippen LogP contribution < -0.4 is 4.74 Å². The molecule has 2 aromatic heterocycles. The molecule has 0 saturated carbocycles. The third-order valence-electron chi connectivity index (χ3n) is 3.90. The maximum absolute atomic E-state index is 12.7. The van der Waals surface area contributed by atoms with E-state index in [9.17, 15) is 4.79 Å². The molecule has 3 heterocycles. The first kappa shape index (κ1) is 16.8. The van der Waals surface area contributed by atoms with Crippen LogP contribution >= 0.6 is 11.5 Å². The van der Waals surface area contributed by atoms with Crippen LogP contribution in [0.4, 0.5) is 0 Å². The van der Waals surface area contributed by atoms with Gasteiger partial charge in [-0.05, 0) is 37.9 Å². The molecule has 3 rings (SSSR count). The molecule has 1 amide bonds. The fraction of sp³-hybridized carbons (Fsp3) is 0.562. The minimum atomic E-state index is -0.0781. The molecule has 1 aliphatic heterocycles. The Morgan fingerprint density at radius 1 is 1.38 bits per heavy atom. The predicted octanol–water partition coefficient (Wildman–Crippen LogP) is 2.19. The molecule has 1 saturated heterocycles. The highest BCUT2D eigenvalue weighted by atomic mass is 32.1. The van der Waals surface area contributed by atoms with Gasteiger partial charge in [0.15, 0.2) is 0 Å². The summed E-state index contributed by atoms with van der Waals surface area (Å²) in [5, 5.41) is 4.07. The van der Waals surface area contributed by atoms with Crippen LogP contribution in [0.5, 0.6) is 6.01 Å². The summed E-state index contributed by atoms with van der Waals surface area (Å²) in [4.78, 5) is 23.7. The molecule has 1 atom stereocenters. The van der Waals surface area contributed by atoms with Crippen LogP contribution in [0.2, 0.25) is 0 Å². The Labute approximate surface area is 145 Å². The lowest BCUT2D eigenvalue weighted by atomic mass is 10.2. The number of ether oxygens (including phenoxy) is 1. The summed E-state index contributed by atoms with van der Waals surface area (Å²) in [7, 11) is 0. The Morgan fingerprint density at radius 3 is 2.83 bits per heavy atom. The lowest BCUT2D eigenvalue weighted by Gasteiger charge is -2.16. The Morgan fingerprint density at radius 2 is 2.12 bits per heavy atom. The third kappa shape index (κ3) is 3.69. The first-order valence-electron chi connectivity index (χ1n) is 8.16. The summed E-state index contributed by atoms with van der Waals surface area (Å²) in [5.41, 5.74) is 2.56. The van der Waals surface area contributed by atoms with Crippen molar-refractivity contribution in [2.24, 2.45) is 0 Å². The van der Waals surface area contributed by atoms with Crippen molar-refractivity contribution >= 4 is 17.4 Å². The number of hydrogen-bond donors (Lipinski definition) is 0. The van der Waals surface area contributed by atoms with E-state index in [4.69, 9.17) is 4.74 Å². The largest absolute Gasteiger partial charge is 0.458 e. The fourth-order valence-electron chi connectivity index (χ4n) is 2.82. The Kier molecular flexibility index (Phi) is 5.03. The van der Waals surface area contributed by atoms with Crippen molar-refractivity contribution in [3.8, 4) is 6.01 Å². The molecule has 7 nitrogen and oxygen atoms in total. The van der Waals surface area contributed by atoms with E-state index in [1.54, 1.807) is 0 Å². The number of aromatic nitrogens is 4. The average Bonchev–Trinajstić information content (AvgIpc) is 3.15. The predicted molar refractivity (Wildman–Crippen MR) is 90.3 cm³/mol. The van der Waals surface area contributed by atoms with Gasteiger partial charge in [-0.1, -0.05) is 17.8 Å². The molecule has 8 heteroatoms. The number of likely N-dealkylation sites (tertiary alicyclic amines) is 1. The summed E-state index contributed by atoms with van der Waals surface area (Å²) in [5.74, 6) is 0.000825. The summed E-state index contributed by atoms with van der Waals surface area (Å²) >= 11 is 1.18. The second-order valence-electron chi connectivity index (χ2n) is 6.01. The van der Waals surface area contributed by atoms with E-state index in [1.165, 1.54) is 11.5 Å². The van der Waals surface area contributed by atoms with Gasteiger partial charge in [0.2, 0.25) is 0 Å². The molecular weight excluding hydrogens is 326 g/mol. The normalized spacial score (nSPS) is 17.3. The Bertz CT molecular complexity index is 713. The summed E-state index contributed by atoms with van der Waals surface area (Å²) in [6.45, 7) is 7.10. The zero-order valence-electron chi connectivity index (χ0n) is 14.2. The highest BCUT2D eigenvalue weighted by molar-refractivity contribution is 7.08. The number of carbonyl (C=O) groups excluding carboxylic acids is 1. The number of nitrogens with zero attached hydrogens (tertiary/aromatic N) is 5. The van der Waals surface area contributed by atoms with Gasteiger partial charge in [0.25, 0.3) is 5.91 Å². The van der Waals surface area contributed by atoms with Crippen LogP contribution in [-0.2, 0) is 6.42 Å². The zero-order valence-corrected chi connectivity index (χ0v) is 15.0. The smallest absolute Gasteiger partial charge is 0.317 e. The van der Waals surface area contributed by atoms with E-state index in [-0.39, 0.29) is 12.0 Å². The third-order valence-corrected chi connectivity index (χ3v) is 4.66. The SMILES string of the molecule is CCCc1nnsc1C(=O)N1CC[C@@H](Oc2nc(C)cc(C)n2)C1. The molecule has 24 heavy (non-hydrogen) atoms. The molecule has 0 aliphatic carbocycles. The van der Waals surface area contributed by atoms with Crippen molar-refractivity contribution in [3.05, 3.63) is 28.0 Å². The lowest BCUT2D eigenvalue weighted by Crippen LogP contribution is -2.31. The summed E-state index contributed by atoms with van der Waals surface area (Å²) in [6.07, 6.45) is 2.42. The molecule has 0 unspecified atom stereocenters. The minimum Gasteiger partial charge on any atom is -0.458 e. The Balaban J connectivity index is 1.64. The molecule has 0 N–H and O–H groups in total. The van der Waals surface area contributed by atoms with E-state index in [1.807, 2.05) is 24.8 Å². The molecule has 0 aromatic carbocycles. The van der Waals surface area contributed by atoms with Crippen LogP contribution in [0.25, 0.3) is 0 Å². The fourth-order valence-corrected chi connectivity index (χ4v) is 3.50. The van der Waals surface area contributed by atoms with Gasteiger partial charge in [-0.2, -0.15) is 0 Å². The molecule has 0 radical (unpaired) electrons. The van der Waals surface area contributed by atoms with Crippen molar-refractivity contribution in [3.63, 3.8) is 0 Å². The van der Waals surface area contributed by atoms with Gasteiger partial charge < -0.3 is 9.64 Å². The van der Waals surface area contributed by atoms with E-state index in [2.05, 4.69) is 26.5 Å². The maximum Gasteiger partial charge on any atom is 0.317 e. The van der Waals surface area contributed by atoms with Crippen LogP contribution in [0.1, 0.15) is 46.5 Å². The van der Waals surface area contributed by atoms with Crippen molar-refractivity contribution in [2.75, 3.05) is 13.1 Å². The molecule has 128 valence electrons. The minimum absolute atomic E-state index is 0.000825. The first-order valence-corrected chi connectivity index (χ1v) is 8.93. The topological polar surface area (TPSA) is 81.1 Å². The van der Waals surface area contributed by atoms with Gasteiger partial charge in [-0.15, -0.1) is 5.10 Å². The van der Waals surface area contributed by atoms with Gasteiger partial charge >= 0.3 is 6.01 Å². The zero-order chi connectivity index (χ0) is 17.1. The molecule has 1 fully saturated rings. The van der Waals surface area contributed by atoms with Crippen LogP contribution in [0, 0.1) is 13.8 Å². The van der Waals surface area contributed by atoms with Crippen LogP contribution in [-0.4, -0.2) is 49.6 Å². The van der Waals surface area contributed by atoms with Crippen molar-refractivity contribution < 1.29 is 9.53 Å². The quantitative estimate of drug-likeness (QED) is 0.825. The highest BCUT2D eigenvalue weighted by Gasteiger charge is 2.31. The van der Waals surface area contributed by atoms with E-state index in [0.29, 0.717) is 24.0 Å². The summed E-state index contributed by atoms with van der Waals surface area (Å²) in [6, 6.07) is 2.29. The Hall–Kier alpha value is -2.09. The first-order chi connectivity index (χ1) is 11.6. The van der Waals surface area contributed by atoms with Gasteiger partial charge in [-0.25, -0.2) is 9.97 Å². The standard InChI is InChI=1S/C16H21N5O2S/c1-4-5-13-14(24-20-19-13)15(22)21-7-6-12(9-21)23-16-17-10(2)8-11(3)18-16/h8,12H,4-7,9H2,1-3H3/t12-/m1/s1. The van der Waals surface area contributed by atoms with E-state index >= 15 is 0 Å². The van der Waals surface area contributed by atoms with Crippen molar-refractivity contribution in [1.29, 1.82) is 0 Å². The molecular formula is C16H21N5O2S. The van der Waals surface area contributed by atoms with Gasteiger partial charge in [0.1, 0.15) is 11.0 Å². The van der Waals surface area contributed by atoms with Gasteiger partial charge in [0, 0.05) is 24.4 Å². The molecule has 0 spiro atoms. The van der Waals surface area contributed by atoms with Crippen LogP contribution in [0.3, 0.4) is 0 Å².